The smallest absolute Gasteiger partial charge is 0.234 e. The molecule has 3 rings (SSSR count). The van der Waals surface area contributed by atoms with Gasteiger partial charge in [-0.25, -0.2) is 8.42 Å². The van der Waals surface area contributed by atoms with Crippen molar-refractivity contribution in [2.24, 2.45) is 0 Å². The van der Waals surface area contributed by atoms with Crippen LogP contribution in [-0.2, 0) is 26.9 Å². The Morgan fingerprint density at radius 1 is 1.15 bits per heavy atom. The van der Waals surface area contributed by atoms with Gasteiger partial charge in [0.1, 0.15) is 11.6 Å². The van der Waals surface area contributed by atoms with Crippen molar-refractivity contribution in [3.63, 3.8) is 0 Å². The minimum absolute atomic E-state index is 0.0320. The fourth-order valence-corrected chi connectivity index (χ4v) is 5.02. The number of rotatable bonds is 10. The van der Waals surface area contributed by atoms with E-state index in [9.17, 15) is 18.0 Å². The number of carbonyl (C=O) groups excluding carboxylic acids is 2. The Hall–Kier alpha value is -3.24. The molecular weight excluding hydrogens is 460 g/mol. The number of anilines is 1. The van der Waals surface area contributed by atoms with E-state index in [4.69, 9.17) is 0 Å². The molecule has 0 spiro atoms. The van der Waals surface area contributed by atoms with Crippen LogP contribution < -0.4 is 5.32 Å². The second kappa shape index (κ2) is 10.6. The van der Waals surface area contributed by atoms with Crippen molar-refractivity contribution in [2.45, 2.75) is 36.2 Å². The molecule has 1 N–H and O–H groups in total. The molecule has 0 aliphatic heterocycles. The molecule has 3 aromatic rings. The molecule has 0 saturated heterocycles. The van der Waals surface area contributed by atoms with Gasteiger partial charge < -0.3 is 9.88 Å². The molecule has 10 heteroatoms. The van der Waals surface area contributed by atoms with E-state index in [1.165, 1.54) is 6.92 Å². The van der Waals surface area contributed by atoms with Crippen LogP contribution in [0.5, 0.6) is 0 Å². The van der Waals surface area contributed by atoms with E-state index >= 15 is 0 Å². The Morgan fingerprint density at radius 2 is 1.88 bits per heavy atom. The quantitative estimate of drug-likeness (QED) is 0.265. The maximum absolute atomic E-state index is 12.8. The van der Waals surface area contributed by atoms with Crippen molar-refractivity contribution in [1.29, 1.82) is 0 Å². The highest BCUT2D eigenvalue weighted by Crippen LogP contribution is 2.22. The minimum Gasteiger partial charge on any atom is -0.325 e. The Labute approximate surface area is 197 Å². The summed E-state index contributed by atoms with van der Waals surface area (Å²) in [5.41, 5.74) is 1.99. The number of Topliss-reactive ketones (excluding diaryl/α,β-unsaturated/α-hetero) is 1. The second-order valence-electron chi connectivity index (χ2n) is 7.34. The van der Waals surface area contributed by atoms with Crippen LogP contribution >= 0.6 is 11.8 Å². The van der Waals surface area contributed by atoms with Crippen molar-refractivity contribution >= 4 is 39.0 Å². The summed E-state index contributed by atoms with van der Waals surface area (Å²) >= 11 is 1.14. The van der Waals surface area contributed by atoms with Gasteiger partial charge >= 0.3 is 0 Å². The van der Waals surface area contributed by atoms with Crippen LogP contribution in [0.25, 0.3) is 0 Å². The molecule has 0 bridgehead atoms. The highest BCUT2D eigenvalue weighted by molar-refractivity contribution is 7.99. The van der Waals surface area contributed by atoms with Gasteiger partial charge in [-0.05, 0) is 38.1 Å². The SMILES string of the molecule is C=CCn1c(CS(=O)(=O)c2ccc(C)cc2)nnc1SCC(=O)Nc1cccc(C(C)=O)c1. The lowest BCUT2D eigenvalue weighted by Crippen LogP contribution is -2.15. The molecule has 2 aromatic carbocycles. The fraction of sp³-hybridized carbons (Fsp3) is 0.217. The first-order chi connectivity index (χ1) is 15.7. The van der Waals surface area contributed by atoms with Gasteiger partial charge in [0.2, 0.25) is 5.91 Å². The van der Waals surface area contributed by atoms with Crippen molar-refractivity contribution in [2.75, 3.05) is 11.1 Å². The zero-order chi connectivity index (χ0) is 24.0. The van der Waals surface area contributed by atoms with Gasteiger partial charge in [-0.1, -0.05) is 47.7 Å². The zero-order valence-electron chi connectivity index (χ0n) is 18.3. The average Bonchev–Trinajstić information content (AvgIpc) is 3.13. The van der Waals surface area contributed by atoms with E-state index in [0.29, 0.717) is 23.0 Å². The van der Waals surface area contributed by atoms with E-state index in [0.717, 1.165) is 17.3 Å². The molecule has 172 valence electrons. The number of hydrogen-bond donors (Lipinski definition) is 1. The summed E-state index contributed by atoms with van der Waals surface area (Å²) in [4.78, 5) is 24.1. The van der Waals surface area contributed by atoms with Crippen LogP contribution in [-0.4, -0.2) is 40.6 Å². The standard InChI is InChI=1S/C23H24N4O4S2/c1-4-12-27-21(15-33(30,31)20-10-8-16(2)9-11-20)25-26-23(27)32-14-22(29)24-19-7-5-6-18(13-19)17(3)28/h4-11,13H,1,12,14-15H2,2-3H3,(H,24,29). The number of aromatic nitrogens is 3. The minimum atomic E-state index is -3.61. The van der Waals surface area contributed by atoms with Crippen LogP contribution in [0.3, 0.4) is 0 Å². The molecular formula is C23H24N4O4S2. The number of thioether (sulfide) groups is 1. The Morgan fingerprint density at radius 3 is 2.55 bits per heavy atom. The summed E-state index contributed by atoms with van der Waals surface area (Å²) in [6, 6.07) is 13.3. The molecule has 0 unspecified atom stereocenters. The van der Waals surface area contributed by atoms with E-state index in [1.54, 1.807) is 59.2 Å². The molecule has 0 saturated carbocycles. The molecule has 8 nitrogen and oxygen atoms in total. The predicted octanol–water partition coefficient (Wildman–Crippen LogP) is 3.68. The highest BCUT2D eigenvalue weighted by Gasteiger charge is 2.21. The third-order valence-electron chi connectivity index (χ3n) is 4.69. The summed E-state index contributed by atoms with van der Waals surface area (Å²) in [5.74, 6) is -0.396. The maximum Gasteiger partial charge on any atom is 0.234 e. The number of allylic oxidation sites excluding steroid dienone is 1. The third-order valence-corrected chi connectivity index (χ3v) is 7.28. The van der Waals surface area contributed by atoms with Crippen molar-refractivity contribution < 1.29 is 18.0 Å². The largest absolute Gasteiger partial charge is 0.325 e. The third kappa shape index (κ3) is 6.39. The second-order valence-corrected chi connectivity index (χ2v) is 10.3. The maximum atomic E-state index is 12.8. The summed E-state index contributed by atoms with van der Waals surface area (Å²) in [6.45, 7) is 7.36. The summed E-state index contributed by atoms with van der Waals surface area (Å²) in [5, 5.41) is 11.3. The predicted molar refractivity (Wildman–Crippen MR) is 128 cm³/mol. The van der Waals surface area contributed by atoms with Gasteiger partial charge in [-0.15, -0.1) is 16.8 Å². The van der Waals surface area contributed by atoms with Gasteiger partial charge in [0.05, 0.1) is 10.6 Å². The number of benzene rings is 2. The molecule has 0 aliphatic carbocycles. The normalized spacial score (nSPS) is 11.2. The molecule has 33 heavy (non-hydrogen) atoms. The first-order valence-corrected chi connectivity index (χ1v) is 12.7. The van der Waals surface area contributed by atoms with Gasteiger partial charge in [0, 0.05) is 17.8 Å². The van der Waals surface area contributed by atoms with Crippen molar-refractivity contribution in [1.82, 2.24) is 14.8 Å². The van der Waals surface area contributed by atoms with Crippen molar-refractivity contribution in [3.05, 3.63) is 78.1 Å². The first kappa shape index (κ1) is 24.4. The number of nitrogens with one attached hydrogen (secondary N) is 1. The average molecular weight is 485 g/mol. The zero-order valence-corrected chi connectivity index (χ0v) is 19.9. The van der Waals surface area contributed by atoms with Gasteiger partial charge in [-0.3, -0.25) is 9.59 Å². The molecule has 1 amide bonds. The van der Waals surface area contributed by atoms with Gasteiger partial charge in [-0.2, -0.15) is 0 Å². The molecule has 0 aliphatic rings. The van der Waals surface area contributed by atoms with Crippen molar-refractivity contribution in [3.8, 4) is 0 Å². The van der Waals surface area contributed by atoms with Crippen LogP contribution in [0.4, 0.5) is 5.69 Å². The number of sulfone groups is 1. The Balaban J connectivity index is 1.71. The summed E-state index contributed by atoms with van der Waals surface area (Å²) in [6.07, 6.45) is 1.61. The van der Waals surface area contributed by atoms with E-state index in [1.807, 2.05) is 6.92 Å². The van der Waals surface area contributed by atoms with Crippen LogP contribution in [0, 0.1) is 6.92 Å². The van der Waals surface area contributed by atoms with Gasteiger partial charge in [0.15, 0.2) is 20.8 Å². The van der Waals surface area contributed by atoms with Crippen LogP contribution in [0.15, 0.2) is 71.2 Å². The molecule has 1 aromatic heterocycles. The number of carbonyl (C=O) groups is 2. The lowest BCUT2D eigenvalue weighted by molar-refractivity contribution is -0.113. The first-order valence-electron chi connectivity index (χ1n) is 10.1. The monoisotopic (exact) mass is 484 g/mol. The number of amides is 1. The Kier molecular flexibility index (Phi) is 7.83. The highest BCUT2D eigenvalue weighted by atomic mass is 32.2. The fourth-order valence-electron chi connectivity index (χ4n) is 2.99. The van der Waals surface area contributed by atoms with E-state index in [-0.39, 0.29) is 33.9 Å². The number of aryl methyl sites for hydroxylation is 1. The lowest BCUT2D eigenvalue weighted by Gasteiger charge is -2.09. The molecule has 0 fully saturated rings. The lowest BCUT2D eigenvalue weighted by atomic mass is 10.1. The Bertz CT molecular complexity index is 1280. The summed E-state index contributed by atoms with van der Waals surface area (Å²) < 4.78 is 27.3. The van der Waals surface area contributed by atoms with E-state index in [2.05, 4.69) is 22.1 Å². The number of ketones is 1. The van der Waals surface area contributed by atoms with Crippen LogP contribution in [0.1, 0.15) is 28.7 Å². The molecule has 0 radical (unpaired) electrons. The van der Waals surface area contributed by atoms with Gasteiger partial charge in [0.25, 0.3) is 0 Å². The van der Waals surface area contributed by atoms with Crippen LogP contribution in [0.2, 0.25) is 0 Å². The summed E-state index contributed by atoms with van der Waals surface area (Å²) in [7, 11) is -3.61. The topological polar surface area (TPSA) is 111 Å². The number of nitrogens with zero attached hydrogens (tertiary/aromatic N) is 3. The van der Waals surface area contributed by atoms with E-state index < -0.39 is 9.84 Å². The number of hydrogen-bond acceptors (Lipinski definition) is 7. The molecule has 0 atom stereocenters. The molecule has 1 heterocycles.